The Hall–Kier alpha value is -2.30. The molecule has 2 heterocycles. The normalized spacial score (nSPS) is 10.1. The molecule has 240 valence electrons. The molecule has 0 saturated carbocycles. The van der Waals surface area contributed by atoms with E-state index in [1.165, 1.54) is 110 Å². The van der Waals surface area contributed by atoms with Gasteiger partial charge in [-0.1, -0.05) is 91.1 Å². The van der Waals surface area contributed by atoms with Crippen LogP contribution in [0, 0.1) is 13.8 Å². The Labute approximate surface area is 288 Å². The number of unbranched alkanes of at least 4 members (excludes halogenated alkanes) is 4. The predicted octanol–water partition coefficient (Wildman–Crippen LogP) is 7.79. The summed E-state index contributed by atoms with van der Waals surface area (Å²) in [5, 5.41) is 1.13. The lowest BCUT2D eigenvalue weighted by Gasteiger charge is -2.03. The van der Waals surface area contributed by atoms with Crippen LogP contribution in [0.5, 0.6) is 0 Å². The molecular weight excluding hydrogens is 668 g/mol. The summed E-state index contributed by atoms with van der Waals surface area (Å²) in [5.41, 5.74) is 8.52. The summed E-state index contributed by atoms with van der Waals surface area (Å²) in [4.78, 5) is 3.85. The first kappa shape index (κ1) is 39.7. The van der Waals surface area contributed by atoms with Gasteiger partial charge in [-0.2, -0.15) is 0 Å². The number of alkyl halides is 1. The Bertz CT molecular complexity index is 1190. The van der Waals surface area contributed by atoms with E-state index < -0.39 is 0 Å². The Kier molecular flexibility index (Phi) is 23.4. The third kappa shape index (κ3) is 19.2. The number of hydrogen-bond acceptors (Lipinski definition) is 1. The molecule has 44 heavy (non-hydrogen) atoms. The molecule has 0 radical (unpaired) electrons. The summed E-state index contributed by atoms with van der Waals surface area (Å²) in [5.74, 6) is 0. The number of aryl methyl sites for hydroxylation is 7. The van der Waals surface area contributed by atoms with Gasteiger partial charge in [-0.05, 0) is 117 Å². The molecule has 4 rings (SSSR count). The largest absolute Gasteiger partial charge is 1.00 e. The van der Waals surface area contributed by atoms with E-state index in [9.17, 15) is 0 Å². The van der Waals surface area contributed by atoms with Crippen LogP contribution in [0.1, 0.15) is 98.6 Å². The summed E-state index contributed by atoms with van der Waals surface area (Å²) >= 11 is 3.46. The molecule has 0 bridgehead atoms. The highest BCUT2D eigenvalue weighted by Gasteiger charge is 2.01. The van der Waals surface area contributed by atoms with Gasteiger partial charge in [0, 0.05) is 36.3 Å². The van der Waals surface area contributed by atoms with E-state index in [4.69, 9.17) is 0 Å². The monoisotopic (exact) mass is 722 g/mol. The molecule has 0 amide bonds. The van der Waals surface area contributed by atoms with Crippen molar-refractivity contribution in [1.29, 1.82) is 0 Å². The maximum atomic E-state index is 3.85. The predicted molar refractivity (Wildman–Crippen MR) is 190 cm³/mol. The van der Waals surface area contributed by atoms with E-state index in [1.807, 2.05) is 19.1 Å². The molecular formula is C40H56Br2N2. The van der Waals surface area contributed by atoms with Crippen molar-refractivity contribution < 1.29 is 21.5 Å². The quantitative estimate of drug-likeness (QED) is 0.0696. The van der Waals surface area contributed by atoms with Crippen LogP contribution < -0.4 is 21.5 Å². The number of pyridine rings is 2. The van der Waals surface area contributed by atoms with Crippen LogP contribution in [0.2, 0.25) is 0 Å². The SMILES string of the molecule is CCCCc1ccc(CCCCBr)cc1.CCCCc1ccc(CCCC[n+]2ccc(C)cc2)cc1.Cc1ccncc1.[Br-]. The van der Waals surface area contributed by atoms with Gasteiger partial charge in [0.05, 0.1) is 0 Å². The van der Waals surface area contributed by atoms with Crippen LogP contribution in [0.3, 0.4) is 0 Å². The van der Waals surface area contributed by atoms with Crippen molar-refractivity contribution in [3.05, 3.63) is 131 Å². The van der Waals surface area contributed by atoms with Crippen LogP contribution in [-0.2, 0) is 32.2 Å². The minimum atomic E-state index is 0. The lowest BCUT2D eigenvalue weighted by Crippen LogP contribution is -3.00. The first-order valence-corrected chi connectivity index (χ1v) is 17.7. The molecule has 2 nitrogen and oxygen atoms in total. The van der Waals surface area contributed by atoms with E-state index in [1.54, 1.807) is 12.4 Å². The first-order valence-electron chi connectivity index (χ1n) is 16.6. The summed E-state index contributed by atoms with van der Waals surface area (Å²) in [6, 6.07) is 26.7. The molecule has 2 aromatic heterocycles. The third-order valence-electron chi connectivity index (χ3n) is 7.57. The molecule has 4 heteroatoms. The molecule has 0 unspecified atom stereocenters. The molecule has 0 N–H and O–H groups in total. The van der Waals surface area contributed by atoms with E-state index in [0.29, 0.717) is 0 Å². The van der Waals surface area contributed by atoms with Crippen molar-refractivity contribution in [1.82, 2.24) is 4.98 Å². The zero-order valence-corrected chi connectivity index (χ0v) is 31.0. The van der Waals surface area contributed by atoms with Crippen LogP contribution in [0.25, 0.3) is 0 Å². The van der Waals surface area contributed by atoms with Gasteiger partial charge in [0.25, 0.3) is 0 Å². The van der Waals surface area contributed by atoms with Crippen LogP contribution >= 0.6 is 15.9 Å². The molecule has 0 aliphatic heterocycles. The summed E-state index contributed by atoms with van der Waals surface area (Å²) in [7, 11) is 0. The summed E-state index contributed by atoms with van der Waals surface area (Å²) in [6.07, 6.45) is 23.0. The Balaban J connectivity index is 0.000000366. The van der Waals surface area contributed by atoms with Crippen molar-refractivity contribution >= 4 is 15.9 Å². The van der Waals surface area contributed by atoms with E-state index in [0.717, 1.165) is 11.9 Å². The average molecular weight is 725 g/mol. The fraction of sp³-hybridized carbons (Fsp3) is 0.450. The van der Waals surface area contributed by atoms with E-state index in [-0.39, 0.29) is 17.0 Å². The van der Waals surface area contributed by atoms with Gasteiger partial charge in [0.2, 0.25) is 0 Å². The van der Waals surface area contributed by atoms with Crippen molar-refractivity contribution in [2.45, 2.75) is 111 Å². The van der Waals surface area contributed by atoms with Gasteiger partial charge in [0.15, 0.2) is 12.4 Å². The summed E-state index contributed by atoms with van der Waals surface area (Å²) in [6.45, 7) is 9.79. The number of aromatic nitrogens is 2. The van der Waals surface area contributed by atoms with E-state index >= 15 is 0 Å². The number of nitrogens with zero attached hydrogens (tertiary/aromatic N) is 2. The van der Waals surface area contributed by atoms with Crippen molar-refractivity contribution in [3.63, 3.8) is 0 Å². The maximum absolute atomic E-state index is 3.85. The molecule has 2 aromatic carbocycles. The third-order valence-corrected chi connectivity index (χ3v) is 8.13. The average Bonchev–Trinajstić information content (AvgIpc) is 3.04. The minimum absolute atomic E-state index is 0. The fourth-order valence-electron chi connectivity index (χ4n) is 4.66. The molecule has 0 spiro atoms. The maximum Gasteiger partial charge on any atom is 0.169 e. The lowest BCUT2D eigenvalue weighted by atomic mass is 10.0. The molecule has 0 fully saturated rings. The Morgan fingerprint density at radius 1 is 0.523 bits per heavy atom. The summed E-state index contributed by atoms with van der Waals surface area (Å²) < 4.78 is 2.28. The minimum Gasteiger partial charge on any atom is -1.00 e. The molecule has 4 aromatic rings. The van der Waals surface area contributed by atoms with Gasteiger partial charge in [0.1, 0.15) is 6.54 Å². The molecule has 0 aliphatic carbocycles. The Morgan fingerprint density at radius 2 is 0.909 bits per heavy atom. The lowest BCUT2D eigenvalue weighted by molar-refractivity contribution is -0.697. The first-order chi connectivity index (χ1) is 21.0. The second kappa shape index (κ2) is 26.0. The second-order valence-electron chi connectivity index (χ2n) is 11.6. The molecule has 0 saturated heterocycles. The highest BCUT2D eigenvalue weighted by molar-refractivity contribution is 9.09. The Morgan fingerprint density at radius 3 is 1.27 bits per heavy atom. The number of hydrogen-bond donors (Lipinski definition) is 0. The van der Waals surface area contributed by atoms with E-state index in [2.05, 4.69) is 119 Å². The second-order valence-corrected chi connectivity index (χ2v) is 12.4. The zero-order valence-electron chi connectivity index (χ0n) is 27.8. The number of rotatable bonds is 15. The van der Waals surface area contributed by atoms with Gasteiger partial charge in [-0.25, -0.2) is 4.57 Å². The van der Waals surface area contributed by atoms with Crippen LogP contribution in [0.15, 0.2) is 97.6 Å². The van der Waals surface area contributed by atoms with Crippen molar-refractivity contribution in [2.75, 3.05) is 5.33 Å². The van der Waals surface area contributed by atoms with Gasteiger partial charge >= 0.3 is 0 Å². The van der Waals surface area contributed by atoms with Gasteiger partial charge in [-0.3, -0.25) is 4.98 Å². The fourth-order valence-corrected chi connectivity index (χ4v) is 5.06. The standard InChI is InChI=1S/C20H28N.C14H21Br.C6H7N.BrH/c1-3-4-7-19-9-11-20(12-10-19)8-5-6-15-21-16-13-18(2)14-17-21;1-2-3-6-13-8-10-14(11-9-13)7-4-5-12-15;1-6-2-4-7-5-3-6;/h9-14,16-17H,3-8,15H2,1-2H3;8-11H,2-7,12H2,1H3;2-5H,1H3;1H/q+1;;;/p-1. The van der Waals surface area contributed by atoms with Crippen LogP contribution in [0.4, 0.5) is 0 Å². The van der Waals surface area contributed by atoms with Crippen LogP contribution in [-0.4, -0.2) is 10.3 Å². The topological polar surface area (TPSA) is 16.8 Å². The van der Waals surface area contributed by atoms with Crippen molar-refractivity contribution in [2.24, 2.45) is 0 Å². The number of benzene rings is 2. The number of halogens is 2. The molecule has 0 aliphatic rings. The highest BCUT2D eigenvalue weighted by Crippen LogP contribution is 2.12. The van der Waals surface area contributed by atoms with Crippen molar-refractivity contribution in [3.8, 4) is 0 Å². The van der Waals surface area contributed by atoms with Gasteiger partial charge in [-0.15, -0.1) is 0 Å². The van der Waals surface area contributed by atoms with Gasteiger partial charge < -0.3 is 17.0 Å². The zero-order chi connectivity index (χ0) is 31.0. The molecule has 0 atom stereocenters. The smallest absolute Gasteiger partial charge is 0.169 e. The highest BCUT2D eigenvalue weighted by atomic mass is 79.9.